The van der Waals surface area contributed by atoms with Gasteiger partial charge in [0.15, 0.2) is 6.10 Å². The molecule has 1 aliphatic carbocycles. The number of hydrogen-bond donors (Lipinski definition) is 5. The van der Waals surface area contributed by atoms with Gasteiger partial charge in [0.2, 0.25) is 17.7 Å². The van der Waals surface area contributed by atoms with Gasteiger partial charge in [0.05, 0.1) is 12.6 Å². The van der Waals surface area contributed by atoms with Gasteiger partial charge in [-0.05, 0) is 56.4 Å². The lowest BCUT2D eigenvalue weighted by molar-refractivity contribution is -0.143. The van der Waals surface area contributed by atoms with E-state index in [2.05, 4.69) is 35.1 Å². The lowest BCUT2D eigenvalue weighted by atomic mass is 9.97. The number of hydrogen-bond acceptors (Lipinski definition) is 7. The van der Waals surface area contributed by atoms with E-state index >= 15 is 0 Å². The highest BCUT2D eigenvalue weighted by Crippen LogP contribution is 2.65. The first-order chi connectivity index (χ1) is 23.2. The number of amides is 5. The van der Waals surface area contributed by atoms with Crippen molar-refractivity contribution in [2.45, 2.75) is 135 Å². The van der Waals surface area contributed by atoms with Gasteiger partial charge in [-0.15, -0.1) is 0 Å². The van der Waals surface area contributed by atoms with Crippen molar-refractivity contribution in [1.82, 2.24) is 26.2 Å². The number of nitrogens with zero attached hydrogens (tertiary/aromatic N) is 1. The van der Waals surface area contributed by atoms with Crippen LogP contribution < -0.4 is 21.3 Å². The van der Waals surface area contributed by atoms with Crippen molar-refractivity contribution in [3.63, 3.8) is 0 Å². The van der Waals surface area contributed by atoms with E-state index in [-0.39, 0.29) is 29.7 Å². The predicted octanol–water partition coefficient (Wildman–Crippen LogP) is 3.56. The summed E-state index contributed by atoms with van der Waals surface area (Å²) in [6, 6.07) is 6.81. The maximum atomic E-state index is 14.1. The summed E-state index contributed by atoms with van der Waals surface area (Å²) in [6.07, 6.45) is 5.86. The van der Waals surface area contributed by atoms with Crippen LogP contribution in [0.15, 0.2) is 30.3 Å². The first kappa shape index (κ1) is 38.1. The SMILES string of the molecule is CC(C)(C)OC(=O)N[C@H]1CCCCCCCCCC[C@@H](C(O)C(=O)NCC(=O)NCc2ccccc2)NC(=O)[C@@H]2[C@@H]3[C@H](CN2C1=O)C3(C)C. The van der Waals surface area contributed by atoms with Crippen molar-refractivity contribution < 1.29 is 33.8 Å². The summed E-state index contributed by atoms with van der Waals surface area (Å²) in [6.45, 7) is 9.82. The second-order valence-corrected chi connectivity index (χ2v) is 15.5. The number of aliphatic hydroxyl groups excluding tert-OH is 1. The molecule has 0 radical (unpaired) electrons. The second-order valence-electron chi connectivity index (χ2n) is 15.5. The van der Waals surface area contributed by atoms with E-state index in [1.807, 2.05) is 30.3 Å². The van der Waals surface area contributed by atoms with E-state index in [4.69, 9.17) is 4.74 Å². The average Bonchev–Trinajstić information content (AvgIpc) is 3.35. The molecule has 1 unspecified atom stereocenters. The maximum absolute atomic E-state index is 14.1. The van der Waals surface area contributed by atoms with Crippen LogP contribution in [0.1, 0.15) is 104 Å². The van der Waals surface area contributed by atoms with E-state index < -0.39 is 53.6 Å². The molecule has 1 saturated carbocycles. The van der Waals surface area contributed by atoms with Gasteiger partial charge < -0.3 is 36.0 Å². The minimum absolute atomic E-state index is 0.0966. The molecule has 0 bridgehead atoms. The molecule has 3 aliphatic rings. The van der Waals surface area contributed by atoms with Crippen LogP contribution in [0.5, 0.6) is 0 Å². The summed E-state index contributed by atoms with van der Waals surface area (Å²) < 4.78 is 5.48. The van der Waals surface area contributed by atoms with Crippen LogP contribution in [0.4, 0.5) is 4.79 Å². The normalized spacial score (nSPS) is 27.0. The Morgan fingerprint density at radius 2 is 1.57 bits per heavy atom. The van der Waals surface area contributed by atoms with E-state index in [9.17, 15) is 29.1 Å². The standard InChI is InChI=1S/C37H57N5O7/c1-36(2,3)49-35(48)41-27-20-16-11-9-7-6-8-10-15-19-26(40-32(45)30-29-25(37(29,4)5)23-42(30)34(27)47)31(44)33(46)39-22-28(43)38-21-24-17-13-12-14-18-24/h12-14,17-18,25-27,29-31,44H,6-11,15-16,19-23H2,1-5H3,(H,38,43)(H,39,46)(H,40,45)(H,41,48)/t25-,26-,27-,29-,30-,31?/m0/s1. The molecule has 6 atom stereocenters. The molecule has 2 saturated heterocycles. The zero-order valence-electron chi connectivity index (χ0n) is 29.9. The van der Waals surface area contributed by atoms with Gasteiger partial charge >= 0.3 is 6.09 Å². The van der Waals surface area contributed by atoms with Crippen molar-refractivity contribution in [2.24, 2.45) is 17.3 Å². The number of benzene rings is 1. The number of carbonyl (C=O) groups excluding carboxylic acids is 5. The number of ether oxygens (including phenoxy) is 1. The number of carbonyl (C=O) groups is 5. The Kier molecular flexibility index (Phi) is 13.1. The minimum Gasteiger partial charge on any atom is -0.444 e. The van der Waals surface area contributed by atoms with Crippen LogP contribution in [0, 0.1) is 17.3 Å². The van der Waals surface area contributed by atoms with E-state index in [0.717, 1.165) is 50.5 Å². The molecule has 0 aromatic heterocycles. The van der Waals surface area contributed by atoms with Gasteiger partial charge in [-0.1, -0.05) is 95.5 Å². The molecule has 0 spiro atoms. The Labute approximate surface area is 290 Å². The molecule has 49 heavy (non-hydrogen) atoms. The zero-order chi connectivity index (χ0) is 35.8. The van der Waals surface area contributed by atoms with Crippen LogP contribution in [0.3, 0.4) is 0 Å². The summed E-state index contributed by atoms with van der Waals surface area (Å²) in [5, 5.41) is 22.2. The summed E-state index contributed by atoms with van der Waals surface area (Å²) in [5.41, 5.74) is 0.0170. The van der Waals surface area contributed by atoms with Crippen LogP contribution in [-0.4, -0.2) is 82.6 Å². The molecule has 1 aromatic carbocycles. The summed E-state index contributed by atoms with van der Waals surface area (Å²) >= 11 is 0. The highest BCUT2D eigenvalue weighted by molar-refractivity contribution is 5.94. The molecule has 1 aromatic rings. The topological polar surface area (TPSA) is 166 Å². The van der Waals surface area contributed by atoms with Gasteiger partial charge in [-0.25, -0.2) is 4.79 Å². The third-order valence-electron chi connectivity index (χ3n) is 10.2. The fourth-order valence-electron chi connectivity index (χ4n) is 7.38. The Hall–Kier alpha value is -3.67. The Balaban J connectivity index is 1.47. The van der Waals surface area contributed by atoms with Crippen LogP contribution in [-0.2, 0) is 30.5 Å². The van der Waals surface area contributed by atoms with Crippen molar-refractivity contribution in [3.05, 3.63) is 35.9 Å². The average molecular weight is 684 g/mol. The molecule has 5 N–H and O–H groups in total. The molecule has 3 fully saturated rings. The third-order valence-corrected chi connectivity index (χ3v) is 10.2. The van der Waals surface area contributed by atoms with Crippen molar-refractivity contribution in [1.29, 1.82) is 0 Å². The molecule has 4 rings (SSSR count). The van der Waals surface area contributed by atoms with Gasteiger partial charge in [0.1, 0.15) is 17.7 Å². The van der Waals surface area contributed by atoms with Crippen molar-refractivity contribution in [2.75, 3.05) is 13.1 Å². The fourth-order valence-corrected chi connectivity index (χ4v) is 7.38. The second kappa shape index (κ2) is 16.8. The number of aliphatic hydroxyl groups is 1. The number of piperidine rings is 1. The van der Waals surface area contributed by atoms with Crippen LogP contribution in [0.2, 0.25) is 0 Å². The first-order valence-corrected chi connectivity index (χ1v) is 18.1. The third kappa shape index (κ3) is 10.7. The molecular weight excluding hydrogens is 626 g/mol. The van der Waals surface area contributed by atoms with Crippen LogP contribution >= 0.6 is 0 Å². The Morgan fingerprint density at radius 3 is 2.20 bits per heavy atom. The van der Waals surface area contributed by atoms with Crippen molar-refractivity contribution in [3.8, 4) is 0 Å². The molecule has 12 heteroatoms. The fraction of sp³-hybridized carbons (Fsp3) is 0.703. The zero-order valence-corrected chi connectivity index (χ0v) is 29.9. The number of fused-ring (bicyclic) bond motifs is 3. The molecule has 2 aliphatic heterocycles. The highest BCUT2D eigenvalue weighted by atomic mass is 16.6. The number of nitrogens with one attached hydrogen (secondary N) is 4. The summed E-state index contributed by atoms with van der Waals surface area (Å²) in [7, 11) is 0. The largest absolute Gasteiger partial charge is 0.444 e. The van der Waals surface area contributed by atoms with Crippen LogP contribution in [0.25, 0.3) is 0 Å². The smallest absolute Gasteiger partial charge is 0.408 e. The molecule has 2 heterocycles. The summed E-state index contributed by atoms with van der Waals surface area (Å²) in [4.78, 5) is 68.2. The lowest BCUT2D eigenvalue weighted by Gasteiger charge is -2.34. The van der Waals surface area contributed by atoms with Crippen molar-refractivity contribution >= 4 is 29.7 Å². The van der Waals surface area contributed by atoms with E-state index in [0.29, 0.717) is 32.4 Å². The molecule has 272 valence electrons. The Bertz CT molecular complexity index is 1310. The maximum Gasteiger partial charge on any atom is 0.408 e. The van der Waals surface area contributed by atoms with Gasteiger partial charge in [0, 0.05) is 13.1 Å². The number of rotatable bonds is 7. The highest BCUT2D eigenvalue weighted by Gasteiger charge is 2.69. The van der Waals surface area contributed by atoms with Gasteiger partial charge in [-0.2, -0.15) is 0 Å². The quantitative estimate of drug-likeness (QED) is 0.293. The molecule has 12 nitrogen and oxygen atoms in total. The molecular formula is C37H57N5O7. The predicted molar refractivity (Wildman–Crippen MR) is 185 cm³/mol. The molecule has 5 amide bonds. The summed E-state index contributed by atoms with van der Waals surface area (Å²) in [5.74, 6) is -1.89. The first-order valence-electron chi connectivity index (χ1n) is 18.1. The minimum atomic E-state index is -1.59. The lowest BCUT2D eigenvalue weighted by Crippen LogP contribution is -2.59. The number of alkyl carbamates (subject to hydrolysis) is 1. The van der Waals surface area contributed by atoms with Gasteiger partial charge in [-0.3, -0.25) is 19.2 Å². The van der Waals surface area contributed by atoms with Gasteiger partial charge in [0.25, 0.3) is 5.91 Å². The van der Waals surface area contributed by atoms with E-state index in [1.165, 1.54) is 0 Å². The Morgan fingerprint density at radius 1 is 0.959 bits per heavy atom. The van der Waals surface area contributed by atoms with E-state index in [1.54, 1.807) is 25.7 Å². The monoisotopic (exact) mass is 683 g/mol.